The van der Waals surface area contributed by atoms with Gasteiger partial charge in [0.25, 0.3) is 0 Å². The molecule has 1 aromatic carbocycles. The van der Waals surface area contributed by atoms with Gasteiger partial charge < -0.3 is 10.1 Å². The molecule has 0 aliphatic carbocycles. The number of rotatable bonds is 4. The van der Waals surface area contributed by atoms with Crippen LogP contribution in [0, 0.1) is 11.3 Å². The van der Waals surface area contributed by atoms with Crippen LogP contribution in [-0.2, 0) is 15.9 Å². The van der Waals surface area contributed by atoms with Crippen molar-refractivity contribution in [2.45, 2.75) is 37.9 Å². The lowest BCUT2D eigenvalue weighted by atomic mass is 9.87. The highest BCUT2D eigenvalue weighted by Crippen LogP contribution is 2.48. The van der Waals surface area contributed by atoms with Crippen LogP contribution in [0.25, 0.3) is 0 Å². The summed E-state index contributed by atoms with van der Waals surface area (Å²) in [5.74, 6) is 0. The molecule has 0 radical (unpaired) electrons. The van der Waals surface area contributed by atoms with Crippen molar-refractivity contribution < 1.29 is 4.74 Å². The van der Waals surface area contributed by atoms with Gasteiger partial charge in [-0.3, -0.25) is 0 Å². The van der Waals surface area contributed by atoms with E-state index in [4.69, 9.17) is 4.74 Å². The fraction of sp³-hybridized carbons (Fsp3) is 0.533. The van der Waals surface area contributed by atoms with E-state index in [2.05, 4.69) is 24.4 Å². The second kappa shape index (κ2) is 4.72. The van der Waals surface area contributed by atoms with Gasteiger partial charge in [0.1, 0.15) is 6.07 Å². The van der Waals surface area contributed by atoms with E-state index in [1.54, 1.807) is 0 Å². The number of nitrogens with one attached hydrogen (secondary N) is 1. The summed E-state index contributed by atoms with van der Waals surface area (Å²) in [5.41, 5.74) is 1.01. The molecule has 3 nitrogen and oxygen atoms in total. The number of fused-ring (bicyclic) bond motifs is 1. The number of nitriles is 1. The zero-order chi connectivity index (χ0) is 13.2. The maximum Gasteiger partial charge on any atom is 0.178 e. The summed E-state index contributed by atoms with van der Waals surface area (Å²) >= 11 is 0. The van der Waals surface area contributed by atoms with Gasteiger partial charge in [0.2, 0.25) is 0 Å². The molecule has 3 heteroatoms. The molecule has 0 amide bonds. The van der Waals surface area contributed by atoms with Gasteiger partial charge in [0.05, 0.1) is 5.60 Å². The normalized spacial score (nSPS) is 29.9. The minimum atomic E-state index is -0.814. The minimum absolute atomic E-state index is 0.349. The van der Waals surface area contributed by atoms with E-state index in [-0.39, 0.29) is 5.60 Å². The van der Waals surface area contributed by atoms with Crippen LogP contribution in [0.15, 0.2) is 24.3 Å². The van der Waals surface area contributed by atoms with Crippen molar-refractivity contribution in [1.82, 2.24) is 5.32 Å². The number of hydrogen-bond acceptors (Lipinski definition) is 3. The van der Waals surface area contributed by atoms with Gasteiger partial charge in [0, 0.05) is 5.56 Å². The minimum Gasteiger partial charge on any atom is -0.345 e. The average molecular weight is 244 g/mol. The lowest BCUT2D eigenvalue weighted by Gasteiger charge is -2.27. The molecule has 2 rings (SSSR count). The Bertz CT molecular complexity index is 480. The summed E-state index contributed by atoms with van der Waals surface area (Å²) in [5, 5.41) is 12.5. The predicted molar refractivity (Wildman–Crippen MR) is 71.0 cm³/mol. The molecule has 96 valence electrons. The quantitative estimate of drug-likeness (QED) is 0.828. The summed E-state index contributed by atoms with van der Waals surface area (Å²) in [6.45, 7) is 4.91. The van der Waals surface area contributed by atoms with E-state index >= 15 is 0 Å². The third kappa shape index (κ3) is 2.03. The van der Waals surface area contributed by atoms with Crippen molar-refractivity contribution in [1.29, 1.82) is 5.26 Å². The van der Waals surface area contributed by atoms with Crippen molar-refractivity contribution in [3.8, 4) is 6.07 Å². The molecule has 2 atom stereocenters. The first-order valence-electron chi connectivity index (χ1n) is 6.42. The Morgan fingerprint density at radius 3 is 2.56 bits per heavy atom. The zero-order valence-corrected chi connectivity index (χ0v) is 11.3. The lowest BCUT2D eigenvalue weighted by Crippen LogP contribution is -2.28. The molecule has 0 spiro atoms. The van der Waals surface area contributed by atoms with Crippen LogP contribution in [-0.4, -0.2) is 13.6 Å². The monoisotopic (exact) mass is 244 g/mol. The second-order valence-corrected chi connectivity index (χ2v) is 5.23. The number of hydrogen-bond donors (Lipinski definition) is 1. The van der Waals surface area contributed by atoms with E-state index in [0.29, 0.717) is 0 Å². The molecule has 0 bridgehead atoms. The molecular weight excluding hydrogens is 224 g/mol. The third-order valence-corrected chi connectivity index (χ3v) is 3.73. The van der Waals surface area contributed by atoms with Crippen molar-refractivity contribution in [3.63, 3.8) is 0 Å². The first kappa shape index (κ1) is 13.1. The molecule has 0 saturated carbocycles. The van der Waals surface area contributed by atoms with Crippen LogP contribution < -0.4 is 5.32 Å². The Morgan fingerprint density at radius 2 is 1.94 bits per heavy atom. The van der Waals surface area contributed by atoms with E-state index < -0.39 is 5.60 Å². The van der Waals surface area contributed by atoms with E-state index in [1.165, 1.54) is 0 Å². The van der Waals surface area contributed by atoms with Gasteiger partial charge in [0.15, 0.2) is 5.60 Å². The molecule has 1 aromatic rings. The summed E-state index contributed by atoms with van der Waals surface area (Å²) in [6, 6.07) is 10.4. The van der Waals surface area contributed by atoms with E-state index in [0.717, 1.165) is 30.5 Å². The molecule has 1 N–H and O–H groups in total. The highest BCUT2D eigenvalue weighted by atomic mass is 16.5. The predicted octanol–water partition coefficient (Wildman–Crippen LogP) is 2.67. The Morgan fingerprint density at radius 1 is 1.28 bits per heavy atom. The molecule has 2 unspecified atom stereocenters. The summed E-state index contributed by atoms with van der Waals surface area (Å²) in [7, 11) is 1.95. The van der Waals surface area contributed by atoms with E-state index in [9.17, 15) is 5.26 Å². The fourth-order valence-corrected chi connectivity index (χ4v) is 2.79. The fourth-order valence-electron chi connectivity index (χ4n) is 2.79. The molecule has 0 saturated heterocycles. The molecule has 0 aromatic heterocycles. The van der Waals surface area contributed by atoms with Crippen molar-refractivity contribution in [2.24, 2.45) is 0 Å². The zero-order valence-electron chi connectivity index (χ0n) is 11.3. The third-order valence-electron chi connectivity index (χ3n) is 3.73. The van der Waals surface area contributed by atoms with Gasteiger partial charge in [-0.25, -0.2) is 0 Å². The van der Waals surface area contributed by atoms with Gasteiger partial charge >= 0.3 is 0 Å². The summed E-state index contributed by atoms with van der Waals surface area (Å²) < 4.78 is 6.11. The van der Waals surface area contributed by atoms with Gasteiger partial charge in [-0.1, -0.05) is 24.3 Å². The first-order chi connectivity index (χ1) is 8.56. The van der Waals surface area contributed by atoms with Gasteiger partial charge in [-0.2, -0.15) is 5.26 Å². The molecule has 1 aliphatic heterocycles. The standard InChI is InChI=1S/C15H20N2O/c1-14(9-6-10-17-3)12-7-4-5-8-13(12)15(2,11-16)18-14/h4-5,7-8,17H,6,9-10H2,1-3H3. The van der Waals surface area contributed by atoms with Crippen LogP contribution in [0.2, 0.25) is 0 Å². The van der Waals surface area contributed by atoms with Crippen LogP contribution in [0.4, 0.5) is 0 Å². The Kier molecular flexibility index (Phi) is 3.43. The first-order valence-corrected chi connectivity index (χ1v) is 6.42. The molecule has 18 heavy (non-hydrogen) atoms. The van der Waals surface area contributed by atoms with Crippen LogP contribution in [0.1, 0.15) is 37.8 Å². The highest BCUT2D eigenvalue weighted by molar-refractivity contribution is 5.43. The van der Waals surface area contributed by atoms with Crippen LogP contribution in [0.5, 0.6) is 0 Å². The van der Waals surface area contributed by atoms with Crippen molar-refractivity contribution in [3.05, 3.63) is 35.4 Å². The number of ether oxygens (including phenoxy) is 1. The van der Waals surface area contributed by atoms with Gasteiger partial charge in [-0.05, 0) is 45.8 Å². The van der Waals surface area contributed by atoms with Crippen LogP contribution >= 0.6 is 0 Å². The van der Waals surface area contributed by atoms with Crippen molar-refractivity contribution >= 4 is 0 Å². The Balaban J connectivity index is 2.34. The second-order valence-electron chi connectivity index (χ2n) is 5.23. The SMILES string of the molecule is CNCCCC1(C)OC(C)(C#N)c2ccccc21. The number of nitrogens with zero attached hydrogens (tertiary/aromatic N) is 1. The largest absolute Gasteiger partial charge is 0.345 e. The Hall–Kier alpha value is -1.37. The molecule has 1 heterocycles. The molecule has 0 fully saturated rings. The van der Waals surface area contributed by atoms with Gasteiger partial charge in [-0.15, -0.1) is 0 Å². The maximum atomic E-state index is 9.39. The Labute approximate surface area is 109 Å². The maximum absolute atomic E-state index is 9.39. The van der Waals surface area contributed by atoms with Crippen LogP contribution in [0.3, 0.4) is 0 Å². The number of benzene rings is 1. The average Bonchev–Trinajstić information content (AvgIpc) is 2.61. The topological polar surface area (TPSA) is 45.0 Å². The smallest absolute Gasteiger partial charge is 0.178 e. The summed E-state index contributed by atoms with van der Waals surface area (Å²) in [6.07, 6.45) is 1.95. The lowest BCUT2D eigenvalue weighted by molar-refractivity contribution is -0.100. The molecular formula is C15H20N2O. The van der Waals surface area contributed by atoms with Crippen molar-refractivity contribution in [2.75, 3.05) is 13.6 Å². The molecule has 1 aliphatic rings. The highest BCUT2D eigenvalue weighted by Gasteiger charge is 2.48. The van der Waals surface area contributed by atoms with E-state index in [1.807, 2.05) is 32.2 Å². The summed E-state index contributed by atoms with van der Waals surface area (Å²) in [4.78, 5) is 0.